The molecule has 0 radical (unpaired) electrons. The first-order chi connectivity index (χ1) is 22.3. The molecule has 2 N–H and O–H groups in total. The van der Waals surface area contributed by atoms with Crippen molar-refractivity contribution < 1.29 is 4.79 Å². The normalized spacial score (nSPS) is 16.7. The van der Waals surface area contributed by atoms with Crippen molar-refractivity contribution in [2.75, 3.05) is 23.4 Å². The number of nitrogens with one attached hydrogen (secondary N) is 2. The van der Waals surface area contributed by atoms with E-state index in [0.29, 0.717) is 55.7 Å². The van der Waals surface area contributed by atoms with Gasteiger partial charge in [0.25, 0.3) is 0 Å². The van der Waals surface area contributed by atoms with Gasteiger partial charge < -0.3 is 5.32 Å². The van der Waals surface area contributed by atoms with Gasteiger partial charge in [0.05, 0.1) is 11.3 Å². The second-order valence-electron chi connectivity index (χ2n) is 12.8. The zero-order chi connectivity index (χ0) is 32.1. The number of piperidine rings is 1. The molecule has 0 atom stereocenters. The smallest absolute Gasteiger partial charge is 0.324 e. The number of aromatic nitrogens is 6. The summed E-state index contributed by atoms with van der Waals surface area (Å²) >= 11 is 0. The van der Waals surface area contributed by atoms with Gasteiger partial charge in [0.2, 0.25) is 11.9 Å². The SMILES string of the molecule is C#Cc1cnc(NN2CCC(N(C(=O)NCc3ccccc3)c3ncc(-c4cnc(CC)nc4)cn3)CC2)nc1C1CC(C)(C)C1. The number of urea groups is 1. The summed E-state index contributed by atoms with van der Waals surface area (Å²) in [6, 6.07) is 9.51. The van der Waals surface area contributed by atoms with Gasteiger partial charge in [-0.25, -0.2) is 39.7 Å². The molecule has 6 rings (SSSR count). The highest BCUT2D eigenvalue weighted by atomic mass is 16.2. The van der Waals surface area contributed by atoms with Crippen LogP contribution in [0.2, 0.25) is 0 Å². The van der Waals surface area contributed by atoms with E-state index in [1.54, 1.807) is 35.9 Å². The third kappa shape index (κ3) is 7.13. The van der Waals surface area contributed by atoms with Gasteiger partial charge in [-0.15, -0.1) is 6.42 Å². The highest BCUT2D eigenvalue weighted by Gasteiger charge is 2.39. The maximum absolute atomic E-state index is 13.7. The van der Waals surface area contributed by atoms with Crippen molar-refractivity contribution in [3.8, 4) is 23.5 Å². The molecule has 2 amide bonds. The van der Waals surface area contributed by atoms with Crippen molar-refractivity contribution in [1.82, 2.24) is 40.2 Å². The molecule has 3 aromatic heterocycles. The molecular formula is C35H40N10O. The largest absolute Gasteiger partial charge is 0.334 e. The molecule has 4 aromatic rings. The first kappa shape index (κ1) is 31.0. The Hall–Kier alpha value is -4.95. The molecular weight excluding hydrogens is 576 g/mol. The second kappa shape index (κ2) is 13.6. The van der Waals surface area contributed by atoms with E-state index in [1.165, 1.54) is 0 Å². The number of amides is 2. The molecule has 236 valence electrons. The summed E-state index contributed by atoms with van der Waals surface area (Å²) in [6.07, 6.45) is 18.8. The second-order valence-corrected chi connectivity index (χ2v) is 12.8. The molecule has 2 aliphatic rings. The van der Waals surface area contributed by atoms with Crippen molar-refractivity contribution >= 4 is 17.9 Å². The number of nitrogens with zero attached hydrogens (tertiary/aromatic N) is 8. The molecule has 1 aromatic carbocycles. The maximum Gasteiger partial charge on any atom is 0.324 e. The Bertz CT molecular complexity index is 1670. The van der Waals surface area contributed by atoms with Crippen molar-refractivity contribution in [1.29, 1.82) is 0 Å². The number of anilines is 2. The minimum absolute atomic E-state index is 0.107. The predicted molar refractivity (Wildman–Crippen MR) is 178 cm³/mol. The summed E-state index contributed by atoms with van der Waals surface area (Å²) in [6.45, 7) is 8.32. The van der Waals surface area contributed by atoms with Gasteiger partial charge in [0.1, 0.15) is 5.82 Å². The quantitative estimate of drug-likeness (QED) is 0.239. The molecule has 1 aliphatic carbocycles. The van der Waals surface area contributed by atoms with Crippen molar-refractivity contribution in [2.45, 2.75) is 71.4 Å². The molecule has 4 heterocycles. The molecule has 11 nitrogen and oxygen atoms in total. The lowest BCUT2D eigenvalue weighted by Crippen LogP contribution is -2.52. The van der Waals surface area contributed by atoms with E-state index < -0.39 is 0 Å². The monoisotopic (exact) mass is 616 g/mol. The molecule has 1 saturated carbocycles. The van der Waals surface area contributed by atoms with E-state index in [0.717, 1.165) is 53.0 Å². The minimum atomic E-state index is -0.236. The highest BCUT2D eigenvalue weighted by Crippen LogP contribution is 2.50. The molecule has 2 fully saturated rings. The number of benzene rings is 1. The van der Waals surface area contributed by atoms with E-state index in [9.17, 15) is 4.79 Å². The molecule has 1 saturated heterocycles. The summed E-state index contributed by atoms with van der Waals surface area (Å²) in [7, 11) is 0. The summed E-state index contributed by atoms with van der Waals surface area (Å²) in [4.78, 5) is 42.8. The molecule has 0 unspecified atom stereocenters. The molecule has 1 aliphatic heterocycles. The van der Waals surface area contributed by atoms with Crippen LogP contribution in [0.15, 0.2) is 61.3 Å². The van der Waals surface area contributed by atoms with Crippen LogP contribution >= 0.6 is 0 Å². The predicted octanol–water partition coefficient (Wildman–Crippen LogP) is 5.38. The van der Waals surface area contributed by atoms with Gasteiger partial charge in [-0.3, -0.25) is 10.3 Å². The Kier molecular flexibility index (Phi) is 9.17. The van der Waals surface area contributed by atoms with Crippen molar-refractivity contribution in [3.05, 3.63) is 84.0 Å². The van der Waals surface area contributed by atoms with Crippen molar-refractivity contribution in [2.24, 2.45) is 5.41 Å². The van der Waals surface area contributed by atoms with E-state index >= 15 is 0 Å². The Labute approximate surface area is 270 Å². The van der Waals surface area contributed by atoms with Gasteiger partial charge in [0, 0.05) is 80.1 Å². The number of hydrogen-bond donors (Lipinski definition) is 2. The van der Waals surface area contributed by atoms with E-state index in [-0.39, 0.29) is 12.1 Å². The summed E-state index contributed by atoms with van der Waals surface area (Å²) in [5.41, 5.74) is 8.04. The van der Waals surface area contributed by atoms with Crippen LogP contribution in [0.25, 0.3) is 11.1 Å². The van der Waals surface area contributed by atoms with Crippen LogP contribution in [-0.2, 0) is 13.0 Å². The van der Waals surface area contributed by atoms with Crippen LogP contribution in [0.1, 0.15) is 75.0 Å². The number of rotatable bonds is 9. The average Bonchev–Trinajstić information content (AvgIpc) is 3.08. The summed E-state index contributed by atoms with van der Waals surface area (Å²) in [5, 5.41) is 5.17. The van der Waals surface area contributed by atoms with Crippen molar-refractivity contribution in [3.63, 3.8) is 0 Å². The van der Waals surface area contributed by atoms with Gasteiger partial charge in [0.15, 0.2) is 0 Å². The average molecular weight is 617 g/mol. The number of hydrazine groups is 1. The number of aryl methyl sites for hydroxylation is 1. The van der Waals surface area contributed by atoms with Crippen LogP contribution in [0, 0.1) is 17.8 Å². The zero-order valence-corrected chi connectivity index (χ0v) is 26.6. The Morgan fingerprint density at radius 3 is 2.24 bits per heavy atom. The highest BCUT2D eigenvalue weighted by molar-refractivity contribution is 5.90. The fraction of sp³-hybridized carbons (Fsp3) is 0.400. The van der Waals surface area contributed by atoms with Gasteiger partial charge >= 0.3 is 6.03 Å². The van der Waals surface area contributed by atoms with Crippen LogP contribution in [-0.4, -0.2) is 60.1 Å². The third-order valence-corrected chi connectivity index (χ3v) is 8.76. The fourth-order valence-corrected chi connectivity index (χ4v) is 6.28. The lowest BCUT2D eigenvalue weighted by atomic mass is 9.63. The number of hydrogen-bond acceptors (Lipinski definition) is 9. The maximum atomic E-state index is 13.7. The van der Waals surface area contributed by atoms with E-state index in [4.69, 9.17) is 11.4 Å². The Morgan fingerprint density at radius 2 is 1.63 bits per heavy atom. The lowest BCUT2D eigenvalue weighted by Gasteiger charge is -2.42. The Balaban J connectivity index is 1.15. The van der Waals surface area contributed by atoms with Crippen LogP contribution in [0.4, 0.5) is 16.7 Å². The molecule has 46 heavy (non-hydrogen) atoms. The zero-order valence-electron chi connectivity index (χ0n) is 26.6. The molecule has 0 bridgehead atoms. The first-order valence-corrected chi connectivity index (χ1v) is 15.9. The van der Waals surface area contributed by atoms with Crippen LogP contribution in [0.5, 0.6) is 0 Å². The van der Waals surface area contributed by atoms with Crippen LogP contribution in [0.3, 0.4) is 0 Å². The topological polar surface area (TPSA) is 125 Å². The fourth-order valence-electron chi connectivity index (χ4n) is 6.28. The van der Waals surface area contributed by atoms with Gasteiger partial charge in [-0.1, -0.05) is 57.0 Å². The Morgan fingerprint density at radius 1 is 0.978 bits per heavy atom. The number of carbonyl (C=O) groups excluding carboxylic acids is 1. The van der Waals surface area contributed by atoms with Gasteiger partial charge in [-0.2, -0.15) is 0 Å². The first-order valence-electron chi connectivity index (χ1n) is 15.9. The van der Waals surface area contributed by atoms with Gasteiger partial charge in [-0.05, 0) is 36.7 Å². The third-order valence-electron chi connectivity index (χ3n) is 8.76. The number of terminal acetylenes is 1. The summed E-state index contributed by atoms with van der Waals surface area (Å²) < 4.78 is 0. The number of carbonyl (C=O) groups is 1. The summed E-state index contributed by atoms with van der Waals surface area (Å²) in [5.74, 6) is 4.79. The lowest BCUT2D eigenvalue weighted by molar-refractivity contribution is 0.148. The standard InChI is InChI=1S/C35H40N10O/c1-5-25-19-38-32(42-31(25)26-16-35(3,4)17-26)43-44-14-12-29(13-15-44)45(34(46)41-18-24-10-8-7-9-11-24)33-39-22-28(23-40-33)27-20-36-30(6-2)37-21-27/h1,7-11,19-23,26,29H,6,12-18H2,2-4H3,(H,41,46)(H,38,42,43). The van der Waals surface area contributed by atoms with E-state index in [1.807, 2.05) is 37.3 Å². The minimum Gasteiger partial charge on any atom is -0.334 e. The van der Waals surface area contributed by atoms with E-state index in [2.05, 4.69) is 60.4 Å². The molecule has 11 heteroatoms. The van der Waals surface area contributed by atoms with Crippen LogP contribution < -0.4 is 15.6 Å². The molecule has 0 spiro atoms.